The first-order valence-electron chi connectivity index (χ1n) is 9.98. The van der Waals surface area contributed by atoms with E-state index >= 15 is 0 Å². The average molecular weight is 429 g/mol. The molecule has 0 aliphatic heterocycles. The van der Waals surface area contributed by atoms with E-state index in [0.717, 1.165) is 16.7 Å². The third-order valence-electron chi connectivity index (χ3n) is 6.04. The van der Waals surface area contributed by atoms with Crippen LogP contribution in [0.25, 0.3) is 16.7 Å². The van der Waals surface area contributed by atoms with Crippen LogP contribution in [0.15, 0.2) is 42.2 Å². The van der Waals surface area contributed by atoms with Crippen molar-refractivity contribution in [2.24, 2.45) is 10.8 Å². The van der Waals surface area contributed by atoms with Crippen molar-refractivity contribution in [1.82, 2.24) is 0 Å². The van der Waals surface area contributed by atoms with Gasteiger partial charge >= 0.3 is 0 Å². The summed E-state index contributed by atoms with van der Waals surface area (Å²) >= 11 is 6.04. The molecule has 0 saturated heterocycles. The van der Waals surface area contributed by atoms with Crippen molar-refractivity contribution >= 4 is 28.7 Å². The average Bonchev–Trinajstić information content (AvgIpc) is 2.72. The summed E-state index contributed by atoms with van der Waals surface area (Å²) in [5, 5.41) is 11.4. The van der Waals surface area contributed by atoms with Crippen LogP contribution in [0.5, 0.6) is 0 Å². The third kappa shape index (κ3) is 3.37. The number of aliphatic hydroxyl groups is 1. The van der Waals surface area contributed by atoms with Crippen LogP contribution in [-0.2, 0) is 22.7 Å². The van der Waals surface area contributed by atoms with Gasteiger partial charge in [-0.3, -0.25) is 9.59 Å². The van der Waals surface area contributed by atoms with Crippen molar-refractivity contribution in [3.8, 4) is 11.1 Å². The van der Waals surface area contributed by atoms with Gasteiger partial charge in [0.1, 0.15) is 12.4 Å². The Kier molecular flexibility index (Phi) is 5.68. The first kappa shape index (κ1) is 22.2. The van der Waals surface area contributed by atoms with Crippen LogP contribution in [0.2, 0.25) is 5.02 Å². The Labute approximate surface area is 181 Å². The maximum atomic E-state index is 13.3. The van der Waals surface area contributed by atoms with Crippen molar-refractivity contribution in [3.63, 3.8) is 0 Å². The first-order valence-corrected chi connectivity index (χ1v) is 10.4. The number of carbonyl (C=O) groups excluding carboxylic acids is 2. The second kappa shape index (κ2) is 7.66. The summed E-state index contributed by atoms with van der Waals surface area (Å²) in [6, 6.07) is 10.8. The van der Waals surface area contributed by atoms with E-state index in [4.69, 9.17) is 11.6 Å². The summed E-state index contributed by atoms with van der Waals surface area (Å²) in [4.78, 5) is 26.2. The van der Waals surface area contributed by atoms with Crippen molar-refractivity contribution in [3.05, 3.63) is 63.9 Å². The fourth-order valence-electron chi connectivity index (χ4n) is 4.13. The van der Waals surface area contributed by atoms with Crippen LogP contribution in [0.4, 0.5) is 4.39 Å². The van der Waals surface area contributed by atoms with E-state index in [-0.39, 0.29) is 17.1 Å². The molecule has 30 heavy (non-hydrogen) atoms. The van der Waals surface area contributed by atoms with Gasteiger partial charge in [0.2, 0.25) is 0 Å². The van der Waals surface area contributed by atoms with Gasteiger partial charge in [0.05, 0.1) is 16.4 Å². The molecule has 0 saturated carbocycles. The lowest BCUT2D eigenvalue weighted by Gasteiger charge is -2.38. The lowest BCUT2D eigenvalue weighted by molar-refractivity contribution is -0.143. The van der Waals surface area contributed by atoms with E-state index in [1.54, 1.807) is 45.9 Å². The van der Waals surface area contributed by atoms with Crippen molar-refractivity contribution in [2.45, 2.75) is 47.7 Å². The maximum absolute atomic E-state index is 13.3. The number of rotatable bonds is 4. The molecule has 0 bridgehead atoms. The van der Waals surface area contributed by atoms with Crippen LogP contribution in [0.1, 0.15) is 51.3 Å². The quantitative estimate of drug-likeness (QED) is 0.564. The molecular weight excluding hydrogens is 403 g/mol. The molecule has 2 aromatic carbocycles. The summed E-state index contributed by atoms with van der Waals surface area (Å²) in [6.07, 6.45) is 0.644. The van der Waals surface area contributed by atoms with Crippen LogP contribution in [-0.4, -0.2) is 16.7 Å². The summed E-state index contributed by atoms with van der Waals surface area (Å²) in [5.41, 5.74) is 1.17. The standard InChI is InChI=1S/C25H26ClFO3/c1-6-14-7-8-16(15-9-10-19(26)17(11-15)13-27)12-18(14)20-21(28)24(2,3)23(30)25(4,5)22(20)29/h7-12,28H,6,13H2,1-5H3. The number of carbonyl (C=O) groups is 2. The van der Waals surface area contributed by atoms with E-state index in [1.807, 2.05) is 25.1 Å². The molecule has 0 unspecified atom stereocenters. The normalized spacial score (nSPS) is 18.1. The van der Waals surface area contributed by atoms with E-state index in [0.29, 0.717) is 22.6 Å². The number of hydrogen-bond donors (Lipinski definition) is 1. The molecule has 2 aromatic rings. The summed E-state index contributed by atoms with van der Waals surface area (Å²) in [6.45, 7) is 7.78. The highest BCUT2D eigenvalue weighted by molar-refractivity contribution is 6.34. The Morgan fingerprint density at radius 1 is 0.933 bits per heavy atom. The highest BCUT2D eigenvalue weighted by Gasteiger charge is 2.53. The lowest BCUT2D eigenvalue weighted by Crippen LogP contribution is -2.48. The molecule has 0 heterocycles. The molecule has 0 amide bonds. The predicted octanol–water partition coefficient (Wildman–Crippen LogP) is 6.51. The minimum atomic E-state index is -1.24. The molecule has 3 rings (SSSR count). The zero-order valence-corrected chi connectivity index (χ0v) is 18.7. The summed E-state index contributed by atoms with van der Waals surface area (Å²) < 4.78 is 13.3. The Hall–Kier alpha value is -2.46. The molecule has 0 spiro atoms. The van der Waals surface area contributed by atoms with Crippen molar-refractivity contribution < 1.29 is 19.1 Å². The third-order valence-corrected chi connectivity index (χ3v) is 6.41. The van der Waals surface area contributed by atoms with E-state index in [2.05, 4.69) is 0 Å². The first-order chi connectivity index (χ1) is 14.0. The monoisotopic (exact) mass is 428 g/mol. The number of aryl methyl sites for hydroxylation is 1. The molecule has 1 N–H and O–H groups in total. The zero-order chi connectivity index (χ0) is 22.4. The molecule has 1 aliphatic rings. The van der Waals surface area contributed by atoms with Gasteiger partial charge in [-0.25, -0.2) is 4.39 Å². The fraction of sp³-hybridized carbons (Fsp3) is 0.360. The minimum Gasteiger partial charge on any atom is -0.510 e. The maximum Gasteiger partial charge on any atom is 0.179 e. The summed E-state index contributed by atoms with van der Waals surface area (Å²) in [7, 11) is 0. The van der Waals surface area contributed by atoms with Crippen LogP contribution in [0.3, 0.4) is 0 Å². The van der Waals surface area contributed by atoms with Gasteiger partial charge in [-0.2, -0.15) is 0 Å². The summed E-state index contributed by atoms with van der Waals surface area (Å²) in [5.74, 6) is -0.901. The number of halogens is 2. The largest absolute Gasteiger partial charge is 0.510 e. The van der Waals surface area contributed by atoms with Gasteiger partial charge in [0, 0.05) is 10.6 Å². The zero-order valence-electron chi connectivity index (χ0n) is 17.9. The number of alkyl halides is 1. The lowest BCUT2D eigenvalue weighted by atomic mass is 9.62. The van der Waals surface area contributed by atoms with Crippen molar-refractivity contribution in [2.75, 3.05) is 0 Å². The Balaban J connectivity index is 2.28. The molecule has 3 nitrogen and oxygen atoms in total. The number of aliphatic hydroxyl groups excluding tert-OH is 1. The number of allylic oxidation sites excluding steroid dienone is 2. The van der Waals surface area contributed by atoms with Crippen molar-refractivity contribution in [1.29, 1.82) is 0 Å². The molecule has 0 aromatic heterocycles. The van der Waals surface area contributed by atoms with E-state index in [9.17, 15) is 19.1 Å². The van der Waals surface area contributed by atoms with Gasteiger partial charge in [0.25, 0.3) is 0 Å². The topological polar surface area (TPSA) is 54.4 Å². The van der Waals surface area contributed by atoms with Crippen LogP contribution in [0, 0.1) is 10.8 Å². The molecule has 0 fully saturated rings. The number of ketones is 2. The SMILES string of the molecule is CCc1ccc(-c2ccc(Cl)c(CF)c2)cc1C1=C(O)C(C)(C)C(=O)C(C)(C)C1=O. The Bertz CT molecular complexity index is 1080. The minimum absolute atomic E-state index is 0.183. The van der Waals surface area contributed by atoms with Crippen LogP contribution >= 0.6 is 11.6 Å². The highest BCUT2D eigenvalue weighted by Crippen LogP contribution is 2.47. The number of hydrogen-bond acceptors (Lipinski definition) is 3. The Morgan fingerprint density at radius 2 is 1.53 bits per heavy atom. The van der Waals surface area contributed by atoms with Crippen LogP contribution < -0.4 is 0 Å². The molecular formula is C25H26ClFO3. The fourth-order valence-corrected chi connectivity index (χ4v) is 4.30. The molecule has 1 aliphatic carbocycles. The molecule has 5 heteroatoms. The number of benzene rings is 2. The van der Waals surface area contributed by atoms with E-state index < -0.39 is 23.3 Å². The van der Waals surface area contributed by atoms with Gasteiger partial charge in [-0.15, -0.1) is 0 Å². The molecule has 158 valence electrons. The van der Waals surface area contributed by atoms with Gasteiger partial charge in [-0.05, 0) is 74.6 Å². The Morgan fingerprint density at radius 3 is 2.13 bits per heavy atom. The number of Topliss-reactive ketones (excluding diaryl/α,β-unsaturated/α-hetero) is 2. The molecule has 0 atom stereocenters. The highest BCUT2D eigenvalue weighted by atomic mass is 35.5. The van der Waals surface area contributed by atoms with Gasteiger partial charge in [0.15, 0.2) is 11.6 Å². The smallest absolute Gasteiger partial charge is 0.179 e. The molecule has 0 radical (unpaired) electrons. The second-order valence-electron chi connectivity index (χ2n) is 8.80. The van der Waals surface area contributed by atoms with E-state index in [1.165, 1.54) is 0 Å². The van der Waals surface area contributed by atoms with Gasteiger partial charge < -0.3 is 5.11 Å². The second-order valence-corrected chi connectivity index (χ2v) is 9.20. The van der Waals surface area contributed by atoms with Gasteiger partial charge in [-0.1, -0.05) is 36.7 Å². The predicted molar refractivity (Wildman–Crippen MR) is 118 cm³/mol.